The number of hydrogen-bond acceptors (Lipinski definition) is 3. The molecule has 1 saturated heterocycles. The lowest BCUT2D eigenvalue weighted by Gasteiger charge is -2.11. The van der Waals surface area contributed by atoms with E-state index in [1.165, 1.54) is 0 Å². The zero-order valence-electron chi connectivity index (χ0n) is 10.7. The number of carbonyl (C=O) groups is 1. The van der Waals surface area contributed by atoms with Gasteiger partial charge >= 0.3 is 0 Å². The van der Waals surface area contributed by atoms with Crippen molar-refractivity contribution in [3.05, 3.63) is 36.5 Å². The molecule has 1 unspecified atom stereocenters. The van der Waals surface area contributed by atoms with Gasteiger partial charge in [0.25, 0.3) is 0 Å². The fourth-order valence-corrected chi connectivity index (χ4v) is 2.56. The molecule has 1 aromatic heterocycles. The van der Waals surface area contributed by atoms with E-state index in [1.54, 1.807) is 6.20 Å². The summed E-state index contributed by atoms with van der Waals surface area (Å²) in [5.41, 5.74) is 1.64. The van der Waals surface area contributed by atoms with Crippen molar-refractivity contribution in [2.75, 3.05) is 11.9 Å². The van der Waals surface area contributed by atoms with Gasteiger partial charge in [0.2, 0.25) is 5.91 Å². The number of benzene rings is 1. The zero-order valence-corrected chi connectivity index (χ0v) is 10.7. The lowest BCUT2D eigenvalue weighted by molar-refractivity contribution is -0.116. The van der Waals surface area contributed by atoms with Crippen LogP contribution in [0.4, 0.5) is 5.69 Å². The van der Waals surface area contributed by atoms with E-state index < -0.39 is 0 Å². The Labute approximate surface area is 112 Å². The highest BCUT2D eigenvalue weighted by Gasteiger charge is 2.18. The van der Waals surface area contributed by atoms with Gasteiger partial charge in [-0.2, -0.15) is 0 Å². The molecular formula is C15H17N3O. The molecule has 4 heteroatoms. The molecule has 0 radical (unpaired) electrons. The molecule has 4 nitrogen and oxygen atoms in total. The van der Waals surface area contributed by atoms with E-state index in [9.17, 15) is 4.79 Å². The van der Waals surface area contributed by atoms with Gasteiger partial charge in [-0.3, -0.25) is 9.78 Å². The molecule has 1 fully saturated rings. The monoisotopic (exact) mass is 255 g/mol. The minimum Gasteiger partial charge on any atom is -0.324 e. The molecule has 98 valence electrons. The average Bonchev–Trinajstić information content (AvgIpc) is 2.92. The second kappa shape index (κ2) is 5.36. The number of amides is 1. The van der Waals surface area contributed by atoms with Crippen LogP contribution in [0.25, 0.3) is 10.9 Å². The fraction of sp³-hybridized carbons (Fsp3) is 0.333. The topological polar surface area (TPSA) is 54.0 Å². The predicted octanol–water partition coefficient (Wildman–Crippen LogP) is 2.32. The zero-order chi connectivity index (χ0) is 13.1. The maximum Gasteiger partial charge on any atom is 0.225 e. The van der Waals surface area contributed by atoms with Gasteiger partial charge in [0, 0.05) is 24.0 Å². The third kappa shape index (κ3) is 2.74. The van der Waals surface area contributed by atoms with Crippen LogP contribution in [-0.2, 0) is 4.79 Å². The van der Waals surface area contributed by atoms with E-state index in [0.29, 0.717) is 12.5 Å². The predicted molar refractivity (Wildman–Crippen MR) is 76.0 cm³/mol. The van der Waals surface area contributed by atoms with Crippen LogP contribution >= 0.6 is 0 Å². The Morgan fingerprint density at radius 2 is 2.26 bits per heavy atom. The molecule has 3 rings (SSSR count). The number of aromatic nitrogens is 1. The lowest BCUT2D eigenvalue weighted by atomic mass is 10.1. The van der Waals surface area contributed by atoms with Crippen molar-refractivity contribution in [3.8, 4) is 0 Å². The second-order valence-electron chi connectivity index (χ2n) is 4.93. The highest BCUT2D eigenvalue weighted by Crippen LogP contribution is 2.21. The van der Waals surface area contributed by atoms with Crippen LogP contribution in [0.3, 0.4) is 0 Å². The molecule has 19 heavy (non-hydrogen) atoms. The molecule has 0 spiro atoms. The SMILES string of the molecule is O=C(CC1CCCN1)Nc1cccc2cccnc12. The summed E-state index contributed by atoms with van der Waals surface area (Å²) in [6, 6.07) is 10.1. The highest BCUT2D eigenvalue weighted by molar-refractivity contribution is 6.00. The molecule has 1 aliphatic heterocycles. The summed E-state index contributed by atoms with van der Waals surface area (Å²) in [7, 11) is 0. The first kappa shape index (κ1) is 12.1. The van der Waals surface area contributed by atoms with E-state index in [-0.39, 0.29) is 5.91 Å². The number of anilines is 1. The first-order chi connectivity index (χ1) is 9.33. The molecule has 1 amide bonds. The van der Waals surface area contributed by atoms with Crippen LogP contribution in [-0.4, -0.2) is 23.5 Å². The van der Waals surface area contributed by atoms with Gasteiger partial charge in [-0.1, -0.05) is 18.2 Å². The molecule has 0 aliphatic carbocycles. The van der Waals surface area contributed by atoms with E-state index in [4.69, 9.17) is 0 Å². The number of fused-ring (bicyclic) bond motifs is 1. The van der Waals surface area contributed by atoms with Gasteiger partial charge < -0.3 is 10.6 Å². The number of hydrogen-bond donors (Lipinski definition) is 2. The normalized spacial score (nSPS) is 18.6. The van der Waals surface area contributed by atoms with Crippen molar-refractivity contribution in [1.29, 1.82) is 0 Å². The Balaban J connectivity index is 1.75. The van der Waals surface area contributed by atoms with Crippen molar-refractivity contribution in [1.82, 2.24) is 10.3 Å². The molecule has 1 aromatic carbocycles. The smallest absolute Gasteiger partial charge is 0.225 e. The Hall–Kier alpha value is -1.94. The highest BCUT2D eigenvalue weighted by atomic mass is 16.1. The van der Waals surface area contributed by atoms with Gasteiger partial charge in [0.05, 0.1) is 11.2 Å². The van der Waals surface area contributed by atoms with Gasteiger partial charge in [-0.05, 0) is 31.5 Å². The molecule has 0 saturated carbocycles. The van der Waals surface area contributed by atoms with Crippen LogP contribution in [0, 0.1) is 0 Å². The van der Waals surface area contributed by atoms with Crippen molar-refractivity contribution in [2.24, 2.45) is 0 Å². The largest absolute Gasteiger partial charge is 0.324 e. The average molecular weight is 255 g/mol. The van der Waals surface area contributed by atoms with Crippen molar-refractivity contribution >= 4 is 22.5 Å². The number of para-hydroxylation sites is 1. The molecule has 2 N–H and O–H groups in total. The molecule has 2 aromatic rings. The second-order valence-corrected chi connectivity index (χ2v) is 4.93. The van der Waals surface area contributed by atoms with Crippen molar-refractivity contribution in [2.45, 2.75) is 25.3 Å². The lowest BCUT2D eigenvalue weighted by Crippen LogP contribution is -2.27. The van der Waals surface area contributed by atoms with E-state index in [0.717, 1.165) is 36.0 Å². The summed E-state index contributed by atoms with van der Waals surface area (Å²) in [6.07, 6.45) is 4.52. The number of pyridine rings is 1. The summed E-state index contributed by atoms with van der Waals surface area (Å²) in [4.78, 5) is 16.4. The summed E-state index contributed by atoms with van der Waals surface area (Å²) < 4.78 is 0. The summed E-state index contributed by atoms with van der Waals surface area (Å²) in [5, 5.41) is 7.35. The van der Waals surface area contributed by atoms with Crippen LogP contribution in [0.5, 0.6) is 0 Å². The number of nitrogens with one attached hydrogen (secondary N) is 2. The molecule has 1 aliphatic rings. The Kier molecular flexibility index (Phi) is 3.42. The van der Waals surface area contributed by atoms with Crippen LogP contribution in [0.1, 0.15) is 19.3 Å². The van der Waals surface area contributed by atoms with Gasteiger partial charge in [0.1, 0.15) is 0 Å². The van der Waals surface area contributed by atoms with Crippen molar-refractivity contribution in [3.63, 3.8) is 0 Å². The van der Waals surface area contributed by atoms with Crippen molar-refractivity contribution < 1.29 is 4.79 Å². The van der Waals surface area contributed by atoms with Gasteiger partial charge in [-0.15, -0.1) is 0 Å². The van der Waals surface area contributed by atoms with Gasteiger partial charge in [-0.25, -0.2) is 0 Å². The molecule has 0 bridgehead atoms. The Bertz CT molecular complexity index is 585. The number of rotatable bonds is 3. The van der Waals surface area contributed by atoms with E-state index >= 15 is 0 Å². The molecular weight excluding hydrogens is 238 g/mol. The fourth-order valence-electron chi connectivity index (χ4n) is 2.56. The van der Waals surface area contributed by atoms with E-state index in [2.05, 4.69) is 15.6 Å². The first-order valence-corrected chi connectivity index (χ1v) is 6.70. The number of nitrogens with zero attached hydrogens (tertiary/aromatic N) is 1. The number of carbonyl (C=O) groups excluding carboxylic acids is 1. The van der Waals surface area contributed by atoms with Crippen LogP contribution < -0.4 is 10.6 Å². The Morgan fingerprint density at radius 1 is 1.37 bits per heavy atom. The van der Waals surface area contributed by atoms with E-state index in [1.807, 2.05) is 30.3 Å². The van der Waals surface area contributed by atoms with Crippen LogP contribution in [0.15, 0.2) is 36.5 Å². The third-order valence-electron chi connectivity index (χ3n) is 3.50. The Morgan fingerprint density at radius 3 is 3.11 bits per heavy atom. The summed E-state index contributed by atoms with van der Waals surface area (Å²) in [6.45, 7) is 1.02. The first-order valence-electron chi connectivity index (χ1n) is 6.70. The summed E-state index contributed by atoms with van der Waals surface area (Å²) in [5.74, 6) is 0.0533. The van der Waals surface area contributed by atoms with Crippen LogP contribution in [0.2, 0.25) is 0 Å². The third-order valence-corrected chi connectivity index (χ3v) is 3.50. The summed E-state index contributed by atoms with van der Waals surface area (Å²) >= 11 is 0. The quantitative estimate of drug-likeness (QED) is 0.885. The van der Waals surface area contributed by atoms with Gasteiger partial charge in [0.15, 0.2) is 0 Å². The maximum absolute atomic E-state index is 12.0. The molecule has 2 heterocycles. The maximum atomic E-state index is 12.0. The minimum atomic E-state index is 0.0533. The standard InChI is InChI=1S/C15H17N3O/c19-14(10-12-6-3-8-16-12)18-13-7-1-4-11-5-2-9-17-15(11)13/h1-2,4-5,7,9,12,16H,3,6,8,10H2,(H,18,19). The molecule has 1 atom stereocenters. The minimum absolute atomic E-state index is 0.0533.